The quantitative estimate of drug-likeness (QED) is 0.798. The van der Waals surface area contributed by atoms with Gasteiger partial charge >= 0.3 is 0 Å². The fourth-order valence-corrected chi connectivity index (χ4v) is 2.37. The molecule has 0 aliphatic carbocycles. The van der Waals surface area contributed by atoms with E-state index < -0.39 is 0 Å². The van der Waals surface area contributed by atoms with Gasteiger partial charge < -0.3 is 4.74 Å². The van der Waals surface area contributed by atoms with Gasteiger partial charge in [-0.25, -0.2) is 0 Å². The Morgan fingerprint density at radius 1 is 1.35 bits per heavy atom. The first-order valence-corrected chi connectivity index (χ1v) is 6.65. The fraction of sp³-hybridized carbons (Fsp3) is 0.250. The van der Waals surface area contributed by atoms with Gasteiger partial charge in [-0.1, -0.05) is 12.1 Å². The Hall–Kier alpha value is -2.36. The summed E-state index contributed by atoms with van der Waals surface area (Å²) in [6.45, 7) is 4.50. The van der Waals surface area contributed by atoms with E-state index in [4.69, 9.17) is 4.74 Å². The van der Waals surface area contributed by atoms with Gasteiger partial charge in [-0.3, -0.25) is 14.7 Å². The third kappa shape index (κ3) is 2.25. The summed E-state index contributed by atoms with van der Waals surface area (Å²) in [4.78, 5) is 18.5. The Balaban J connectivity index is 2.01. The zero-order chi connectivity index (χ0) is 14.1. The molecule has 0 fully saturated rings. The number of fused-ring (bicyclic) bond motifs is 1. The van der Waals surface area contributed by atoms with Crippen LogP contribution in [0.5, 0.6) is 5.75 Å². The molecular weight excluding hydrogens is 252 g/mol. The lowest BCUT2D eigenvalue weighted by Gasteiger charge is -2.33. The van der Waals surface area contributed by atoms with Gasteiger partial charge in [-0.05, 0) is 43.7 Å². The van der Waals surface area contributed by atoms with Gasteiger partial charge in [0, 0.05) is 6.20 Å². The van der Waals surface area contributed by atoms with Crippen LogP contribution in [0.25, 0.3) is 0 Å². The molecule has 20 heavy (non-hydrogen) atoms. The first-order chi connectivity index (χ1) is 9.65. The van der Waals surface area contributed by atoms with Crippen LogP contribution in [0.3, 0.4) is 0 Å². The molecule has 0 saturated heterocycles. The number of ether oxygens (including phenoxy) is 1. The van der Waals surface area contributed by atoms with Crippen molar-refractivity contribution in [3.8, 4) is 5.75 Å². The number of carbonyl (C=O) groups excluding carboxylic acids is 1. The zero-order valence-corrected chi connectivity index (χ0v) is 11.5. The minimum Gasteiger partial charge on any atom is -0.487 e. The molecule has 1 aromatic heterocycles. The number of nitrogens with zero attached hydrogens (tertiary/aromatic N) is 2. The van der Waals surface area contributed by atoms with Crippen LogP contribution in [0.4, 0.5) is 5.69 Å². The van der Waals surface area contributed by atoms with E-state index in [1.807, 2.05) is 38.1 Å². The molecule has 2 heterocycles. The van der Waals surface area contributed by atoms with Crippen molar-refractivity contribution in [3.63, 3.8) is 0 Å². The molecule has 4 nitrogen and oxygen atoms in total. The van der Waals surface area contributed by atoms with E-state index in [0.29, 0.717) is 12.2 Å². The second-order valence-corrected chi connectivity index (χ2v) is 5.03. The molecule has 3 rings (SSSR count). The molecule has 1 aliphatic heterocycles. The maximum absolute atomic E-state index is 12.6. The molecule has 1 aromatic carbocycles. The van der Waals surface area contributed by atoms with Crippen LogP contribution in [0.15, 0.2) is 42.6 Å². The average molecular weight is 268 g/mol. The first kappa shape index (κ1) is 12.7. The standard InChI is InChI=1S/C16H16N2O2/c1-11-6-7-14-15(9-11)20-12(2)10-18(14)16(19)13-5-3-4-8-17-13/h3-9,12H,10H2,1-2H3. The number of hydrogen-bond donors (Lipinski definition) is 0. The summed E-state index contributed by atoms with van der Waals surface area (Å²) in [5.74, 6) is 0.666. The van der Waals surface area contributed by atoms with Crippen LogP contribution in [0.2, 0.25) is 0 Å². The predicted molar refractivity (Wildman–Crippen MR) is 77.2 cm³/mol. The lowest BCUT2D eigenvalue weighted by atomic mass is 10.1. The van der Waals surface area contributed by atoms with Crippen LogP contribution in [0, 0.1) is 6.92 Å². The van der Waals surface area contributed by atoms with Crippen molar-refractivity contribution in [1.82, 2.24) is 4.98 Å². The van der Waals surface area contributed by atoms with Crippen LogP contribution in [0.1, 0.15) is 23.0 Å². The molecule has 0 radical (unpaired) electrons. The highest BCUT2D eigenvalue weighted by Gasteiger charge is 2.28. The Morgan fingerprint density at radius 2 is 2.20 bits per heavy atom. The van der Waals surface area contributed by atoms with E-state index in [0.717, 1.165) is 17.0 Å². The van der Waals surface area contributed by atoms with Crippen molar-refractivity contribution >= 4 is 11.6 Å². The maximum atomic E-state index is 12.6. The topological polar surface area (TPSA) is 42.4 Å². The maximum Gasteiger partial charge on any atom is 0.277 e. The molecule has 1 aliphatic rings. The second kappa shape index (κ2) is 4.96. The van der Waals surface area contributed by atoms with E-state index in [9.17, 15) is 4.79 Å². The second-order valence-electron chi connectivity index (χ2n) is 5.03. The van der Waals surface area contributed by atoms with Crippen molar-refractivity contribution in [2.24, 2.45) is 0 Å². The van der Waals surface area contributed by atoms with Gasteiger partial charge in [0.2, 0.25) is 0 Å². The Labute approximate surface area is 118 Å². The third-order valence-electron chi connectivity index (χ3n) is 3.30. The summed E-state index contributed by atoms with van der Waals surface area (Å²) in [7, 11) is 0. The number of pyridine rings is 1. The fourth-order valence-electron chi connectivity index (χ4n) is 2.37. The lowest BCUT2D eigenvalue weighted by molar-refractivity contribution is 0.0956. The number of aromatic nitrogens is 1. The highest BCUT2D eigenvalue weighted by molar-refractivity contribution is 6.05. The van der Waals surface area contributed by atoms with Crippen molar-refractivity contribution in [1.29, 1.82) is 0 Å². The number of carbonyl (C=O) groups is 1. The highest BCUT2D eigenvalue weighted by atomic mass is 16.5. The van der Waals surface area contributed by atoms with E-state index in [1.165, 1.54) is 0 Å². The number of anilines is 1. The highest BCUT2D eigenvalue weighted by Crippen LogP contribution is 2.34. The van der Waals surface area contributed by atoms with E-state index >= 15 is 0 Å². The van der Waals surface area contributed by atoms with Crippen LogP contribution in [-0.2, 0) is 0 Å². The third-order valence-corrected chi connectivity index (χ3v) is 3.30. The van der Waals surface area contributed by atoms with E-state index in [2.05, 4.69) is 4.98 Å². The molecule has 0 saturated carbocycles. The van der Waals surface area contributed by atoms with E-state index in [-0.39, 0.29) is 12.0 Å². The van der Waals surface area contributed by atoms with Gasteiger partial charge in [0.05, 0.1) is 12.2 Å². The Bertz CT molecular complexity index is 640. The summed E-state index contributed by atoms with van der Waals surface area (Å²) in [5, 5.41) is 0. The molecule has 102 valence electrons. The first-order valence-electron chi connectivity index (χ1n) is 6.65. The summed E-state index contributed by atoms with van der Waals surface area (Å²) in [6, 6.07) is 11.2. The largest absolute Gasteiger partial charge is 0.487 e. The van der Waals surface area contributed by atoms with Crippen molar-refractivity contribution < 1.29 is 9.53 Å². The minimum atomic E-state index is -0.0918. The predicted octanol–water partition coefficient (Wildman–Crippen LogP) is 2.82. The summed E-state index contributed by atoms with van der Waals surface area (Å²) in [6.07, 6.45) is 1.60. The van der Waals surface area contributed by atoms with Gasteiger partial charge in [-0.15, -0.1) is 0 Å². The minimum absolute atomic E-state index is 0.0306. The van der Waals surface area contributed by atoms with Crippen molar-refractivity contribution in [2.75, 3.05) is 11.4 Å². The van der Waals surface area contributed by atoms with Crippen molar-refractivity contribution in [2.45, 2.75) is 20.0 Å². The normalized spacial score (nSPS) is 17.3. The number of aryl methyl sites for hydroxylation is 1. The summed E-state index contributed by atoms with van der Waals surface area (Å²) >= 11 is 0. The number of amides is 1. The van der Waals surface area contributed by atoms with Crippen molar-refractivity contribution in [3.05, 3.63) is 53.9 Å². The molecule has 0 spiro atoms. The van der Waals surface area contributed by atoms with Crippen LogP contribution in [-0.4, -0.2) is 23.5 Å². The molecule has 4 heteroatoms. The SMILES string of the molecule is Cc1ccc2c(c1)OC(C)CN2C(=O)c1ccccn1. The molecule has 0 N–H and O–H groups in total. The van der Waals surface area contributed by atoms with Gasteiger partial charge in [0.1, 0.15) is 17.5 Å². The molecule has 0 bridgehead atoms. The Morgan fingerprint density at radius 3 is 2.95 bits per heavy atom. The average Bonchev–Trinajstić information content (AvgIpc) is 2.46. The van der Waals surface area contributed by atoms with Gasteiger partial charge in [-0.2, -0.15) is 0 Å². The molecule has 1 amide bonds. The smallest absolute Gasteiger partial charge is 0.277 e. The lowest BCUT2D eigenvalue weighted by Crippen LogP contribution is -2.42. The summed E-state index contributed by atoms with van der Waals surface area (Å²) in [5.41, 5.74) is 2.38. The zero-order valence-electron chi connectivity index (χ0n) is 11.5. The number of hydrogen-bond acceptors (Lipinski definition) is 3. The Kier molecular flexibility index (Phi) is 3.14. The molecule has 1 unspecified atom stereocenters. The monoisotopic (exact) mass is 268 g/mol. The van der Waals surface area contributed by atoms with E-state index in [1.54, 1.807) is 23.2 Å². The van der Waals surface area contributed by atoms with Gasteiger partial charge in [0.15, 0.2) is 0 Å². The summed E-state index contributed by atoms with van der Waals surface area (Å²) < 4.78 is 5.81. The molecular formula is C16H16N2O2. The number of rotatable bonds is 1. The molecule has 2 aromatic rings. The van der Waals surface area contributed by atoms with Crippen LogP contribution >= 0.6 is 0 Å². The van der Waals surface area contributed by atoms with Crippen LogP contribution < -0.4 is 9.64 Å². The molecule has 1 atom stereocenters. The van der Waals surface area contributed by atoms with Gasteiger partial charge in [0.25, 0.3) is 5.91 Å². The number of benzene rings is 1.